The van der Waals surface area contributed by atoms with Gasteiger partial charge in [0.15, 0.2) is 11.5 Å². The molecule has 0 fully saturated rings. The van der Waals surface area contributed by atoms with E-state index in [0.29, 0.717) is 9.87 Å². The van der Waals surface area contributed by atoms with Gasteiger partial charge in [-0.2, -0.15) is 21.6 Å². The third-order valence-electron chi connectivity index (χ3n) is 5.24. The summed E-state index contributed by atoms with van der Waals surface area (Å²) in [6, 6.07) is 18.8. The van der Waals surface area contributed by atoms with Crippen molar-refractivity contribution in [2.75, 3.05) is 11.4 Å². The molecule has 0 radical (unpaired) electrons. The van der Waals surface area contributed by atoms with E-state index in [9.17, 15) is 34.8 Å². The van der Waals surface area contributed by atoms with Gasteiger partial charge in [-0.05, 0) is 29.8 Å². The van der Waals surface area contributed by atoms with Gasteiger partial charge >= 0.3 is 21.6 Å². The zero-order valence-corrected chi connectivity index (χ0v) is 21.0. The molecule has 0 spiro atoms. The van der Waals surface area contributed by atoms with Gasteiger partial charge < -0.3 is 13.7 Å². The first-order valence-corrected chi connectivity index (χ1v) is 13.5. The van der Waals surface area contributed by atoms with Crippen LogP contribution in [0.25, 0.3) is 5.76 Å². The van der Waals surface area contributed by atoms with Crippen molar-refractivity contribution in [3.8, 4) is 5.75 Å². The number of anilines is 1. The van der Waals surface area contributed by atoms with Gasteiger partial charge in [0.25, 0.3) is 10.0 Å². The summed E-state index contributed by atoms with van der Waals surface area (Å²) in [6.07, 6.45) is 0. The fourth-order valence-electron chi connectivity index (χ4n) is 3.56. The Morgan fingerprint density at radius 2 is 1.53 bits per heavy atom. The molecule has 1 aliphatic rings. The molecular formula is C24H18F3NO8S2. The number of halogens is 3. The van der Waals surface area contributed by atoms with Crippen LogP contribution in [0, 0.1) is 0 Å². The van der Waals surface area contributed by atoms with Gasteiger partial charge in [0, 0.05) is 5.56 Å². The predicted molar refractivity (Wildman–Crippen MR) is 128 cm³/mol. The molecule has 0 bridgehead atoms. The summed E-state index contributed by atoms with van der Waals surface area (Å²) in [5.41, 5.74) is -7.18. The fraction of sp³-hybridized carbons (Fsp3) is 0.125. The Morgan fingerprint density at radius 1 is 0.921 bits per heavy atom. The summed E-state index contributed by atoms with van der Waals surface area (Å²) in [4.78, 5) is 12.3. The number of hydrogen-bond donors (Lipinski definition) is 0. The lowest BCUT2D eigenvalue weighted by molar-refractivity contribution is -0.136. The number of esters is 1. The number of alkyl halides is 3. The lowest BCUT2D eigenvalue weighted by atomic mass is 10.1. The molecule has 0 N–H and O–H groups in total. The number of ether oxygens (including phenoxy) is 2. The molecule has 0 aliphatic carbocycles. The molecular weight excluding hydrogens is 551 g/mol. The van der Waals surface area contributed by atoms with Crippen molar-refractivity contribution >= 4 is 37.6 Å². The maximum Gasteiger partial charge on any atom is 0.534 e. The standard InChI is InChI=1S/C24H18F3NO8S2/c1-34-23(29)21-22(36-38(32,33)24(25,26)27)17-11-5-8-14-20(17)37(30,31)28(21)18-12-6-7-13-19(18)35-15-16-9-3-2-4-10-16/h2-14H,15H2,1H3. The first-order valence-electron chi connectivity index (χ1n) is 10.6. The minimum Gasteiger partial charge on any atom is -0.487 e. The van der Waals surface area contributed by atoms with Crippen molar-refractivity contribution < 1.29 is 48.5 Å². The molecule has 0 amide bonds. The Balaban J connectivity index is 1.98. The summed E-state index contributed by atoms with van der Waals surface area (Å²) < 4.78 is 107. The maximum absolute atomic E-state index is 13.8. The van der Waals surface area contributed by atoms with Crippen LogP contribution in [0.15, 0.2) is 89.5 Å². The Hall–Kier alpha value is -4.04. The number of nitrogens with zero attached hydrogens (tertiary/aromatic N) is 1. The molecule has 38 heavy (non-hydrogen) atoms. The molecule has 0 saturated carbocycles. The van der Waals surface area contributed by atoms with E-state index in [0.717, 1.165) is 19.2 Å². The van der Waals surface area contributed by atoms with Crippen LogP contribution in [0.3, 0.4) is 0 Å². The number of fused-ring (bicyclic) bond motifs is 1. The third-order valence-corrected chi connectivity index (χ3v) is 7.97. The summed E-state index contributed by atoms with van der Waals surface area (Å²) in [7, 11) is -10.2. The monoisotopic (exact) mass is 569 g/mol. The molecule has 200 valence electrons. The van der Waals surface area contributed by atoms with Crippen LogP contribution in [-0.2, 0) is 40.5 Å². The van der Waals surface area contributed by atoms with Crippen molar-refractivity contribution in [2.45, 2.75) is 17.0 Å². The van der Waals surface area contributed by atoms with Gasteiger partial charge in [-0.1, -0.05) is 54.6 Å². The van der Waals surface area contributed by atoms with Crippen LogP contribution < -0.4 is 9.04 Å². The lowest BCUT2D eigenvalue weighted by Gasteiger charge is -2.33. The van der Waals surface area contributed by atoms with Gasteiger partial charge in [-0.3, -0.25) is 0 Å². The molecule has 14 heteroatoms. The van der Waals surface area contributed by atoms with Crippen LogP contribution in [0.2, 0.25) is 0 Å². The number of hydrogen-bond acceptors (Lipinski definition) is 8. The van der Waals surface area contributed by atoms with E-state index in [4.69, 9.17) is 4.74 Å². The Morgan fingerprint density at radius 3 is 2.18 bits per heavy atom. The molecule has 1 heterocycles. The Kier molecular flexibility index (Phi) is 7.12. The smallest absolute Gasteiger partial charge is 0.487 e. The van der Waals surface area contributed by atoms with Crippen LogP contribution >= 0.6 is 0 Å². The number of para-hydroxylation sites is 2. The van der Waals surface area contributed by atoms with E-state index in [1.54, 1.807) is 30.3 Å². The number of carbonyl (C=O) groups excluding carboxylic acids is 1. The summed E-state index contributed by atoms with van der Waals surface area (Å²) in [5.74, 6) is -2.75. The highest BCUT2D eigenvalue weighted by molar-refractivity contribution is 7.93. The van der Waals surface area contributed by atoms with Crippen LogP contribution in [0.4, 0.5) is 18.9 Å². The second-order valence-corrected chi connectivity index (χ2v) is 11.0. The highest BCUT2D eigenvalue weighted by Crippen LogP contribution is 2.45. The van der Waals surface area contributed by atoms with E-state index in [1.165, 1.54) is 36.4 Å². The Bertz CT molecular complexity index is 1620. The first kappa shape index (κ1) is 27.0. The second-order valence-electron chi connectivity index (χ2n) is 7.66. The molecule has 3 aromatic carbocycles. The minimum absolute atomic E-state index is 0.0363. The molecule has 0 atom stereocenters. The fourth-order valence-corrected chi connectivity index (χ4v) is 5.74. The third kappa shape index (κ3) is 4.91. The van der Waals surface area contributed by atoms with E-state index < -0.39 is 53.5 Å². The topological polar surface area (TPSA) is 116 Å². The molecule has 1 aliphatic heterocycles. The molecule has 4 rings (SSSR count). The average Bonchev–Trinajstić information content (AvgIpc) is 2.88. The largest absolute Gasteiger partial charge is 0.534 e. The number of sulfonamides is 1. The quantitative estimate of drug-likeness (QED) is 0.236. The van der Waals surface area contributed by atoms with E-state index >= 15 is 0 Å². The van der Waals surface area contributed by atoms with Crippen molar-refractivity contribution in [3.63, 3.8) is 0 Å². The van der Waals surface area contributed by atoms with Gasteiger partial charge in [-0.15, -0.1) is 0 Å². The van der Waals surface area contributed by atoms with Crippen molar-refractivity contribution in [2.24, 2.45) is 0 Å². The maximum atomic E-state index is 13.8. The van der Waals surface area contributed by atoms with Gasteiger partial charge in [0.2, 0.25) is 0 Å². The number of methoxy groups -OCH3 is 1. The van der Waals surface area contributed by atoms with Crippen molar-refractivity contribution in [1.29, 1.82) is 0 Å². The van der Waals surface area contributed by atoms with Crippen LogP contribution in [-0.4, -0.2) is 35.4 Å². The lowest BCUT2D eigenvalue weighted by Crippen LogP contribution is -2.40. The molecule has 0 aromatic heterocycles. The van der Waals surface area contributed by atoms with Crippen LogP contribution in [0.5, 0.6) is 5.75 Å². The van der Waals surface area contributed by atoms with Crippen molar-refractivity contribution in [3.05, 3.63) is 95.7 Å². The molecule has 0 saturated heterocycles. The summed E-state index contributed by atoms with van der Waals surface area (Å²) >= 11 is 0. The highest BCUT2D eigenvalue weighted by atomic mass is 32.2. The molecule has 0 unspecified atom stereocenters. The molecule has 9 nitrogen and oxygen atoms in total. The van der Waals surface area contributed by atoms with Gasteiger partial charge in [0.05, 0.1) is 17.7 Å². The first-order chi connectivity index (χ1) is 17.9. The zero-order chi connectivity index (χ0) is 27.7. The van der Waals surface area contributed by atoms with Crippen molar-refractivity contribution in [1.82, 2.24) is 0 Å². The number of carbonyl (C=O) groups is 1. The van der Waals surface area contributed by atoms with E-state index in [1.807, 2.05) is 0 Å². The van der Waals surface area contributed by atoms with Gasteiger partial charge in [-0.25, -0.2) is 17.5 Å². The normalized spacial score (nSPS) is 15.0. The number of rotatable bonds is 7. The van der Waals surface area contributed by atoms with Gasteiger partial charge in [0.1, 0.15) is 12.4 Å². The van der Waals surface area contributed by atoms with Crippen LogP contribution in [0.1, 0.15) is 11.1 Å². The summed E-state index contributed by atoms with van der Waals surface area (Å²) in [6.45, 7) is -0.0363. The second kappa shape index (κ2) is 10.0. The minimum atomic E-state index is -6.33. The average molecular weight is 570 g/mol. The van der Waals surface area contributed by atoms with E-state index in [-0.39, 0.29) is 18.0 Å². The number of benzene rings is 3. The molecule has 3 aromatic rings. The predicted octanol–water partition coefficient (Wildman–Crippen LogP) is 4.18. The Labute approximate surface area is 215 Å². The highest BCUT2D eigenvalue weighted by Gasteiger charge is 2.52. The summed E-state index contributed by atoms with van der Waals surface area (Å²) in [5, 5.41) is 0. The van der Waals surface area contributed by atoms with E-state index in [2.05, 4.69) is 8.92 Å². The SMILES string of the molecule is COC(=O)C1=C(OS(=O)(=O)C(F)(F)F)c2ccccc2S(=O)(=O)N1c1ccccc1OCc1ccccc1. The zero-order valence-electron chi connectivity index (χ0n) is 19.4.